The molecule has 0 saturated carbocycles. The van der Waals surface area contributed by atoms with E-state index in [2.05, 4.69) is 11.0 Å². The lowest BCUT2D eigenvalue weighted by atomic mass is 10.0. The first-order valence-electron chi connectivity index (χ1n) is 6.51. The van der Waals surface area contributed by atoms with Crippen LogP contribution in [0, 0.1) is 5.82 Å². The number of aliphatic hydroxyl groups excluding tert-OH is 1. The van der Waals surface area contributed by atoms with Gasteiger partial charge in [-0.2, -0.15) is 0 Å². The Morgan fingerprint density at radius 2 is 2.26 bits per heavy atom. The predicted molar refractivity (Wildman–Crippen MR) is 73.8 cm³/mol. The van der Waals surface area contributed by atoms with E-state index < -0.39 is 6.10 Å². The van der Waals surface area contributed by atoms with Crippen LogP contribution in [0.5, 0.6) is 0 Å². The maximum Gasteiger partial charge on any atom is 0.131 e. The molecule has 1 aliphatic rings. The summed E-state index contributed by atoms with van der Waals surface area (Å²) in [4.78, 5) is 2.09. The van der Waals surface area contributed by atoms with E-state index in [1.807, 2.05) is 6.07 Å². The van der Waals surface area contributed by atoms with E-state index in [-0.39, 0.29) is 5.82 Å². The monoisotopic (exact) mass is 265 g/mol. The topological polar surface area (TPSA) is 32.7 Å². The quantitative estimate of drug-likeness (QED) is 0.850. The summed E-state index contributed by atoms with van der Waals surface area (Å²) in [6.07, 6.45) is 2.22. The SMILES string of the molecule is COCC1=CCN(c2cccc(F)c2C(C)O)CC1. The molecule has 0 amide bonds. The lowest BCUT2D eigenvalue weighted by Gasteiger charge is -2.30. The van der Waals surface area contributed by atoms with Gasteiger partial charge < -0.3 is 14.7 Å². The van der Waals surface area contributed by atoms with Crippen molar-refractivity contribution < 1.29 is 14.2 Å². The Labute approximate surface area is 113 Å². The zero-order chi connectivity index (χ0) is 13.8. The maximum absolute atomic E-state index is 13.8. The molecule has 1 aliphatic heterocycles. The fourth-order valence-electron chi connectivity index (χ4n) is 2.46. The van der Waals surface area contributed by atoms with Crippen molar-refractivity contribution in [1.82, 2.24) is 0 Å². The van der Waals surface area contributed by atoms with Gasteiger partial charge in [0, 0.05) is 31.5 Å². The summed E-state index contributed by atoms with van der Waals surface area (Å²) in [6.45, 7) is 3.79. The molecule has 1 N–H and O–H groups in total. The van der Waals surface area contributed by atoms with Crippen molar-refractivity contribution in [2.75, 3.05) is 31.7 Å². The van der Waals surface area contributed by atoms with E-state index in [9.17, 15) is 9.50 Å². The highest BCUT2D eigenvalue weighted by atomic mass is 19.1. The molecule has 3 nitrogen and oxygen atoms in total. The molecule has 0 bridgehead atoms. The van der Waals surface area contributed by atoms with Crippen molar-refractivity contribution in [3.8, 4) is 0 Å². The summed E-state index contributed by atoms with van der Waals surface area (Å²) in [5, 5.41) is 9.75. The van der Waals surface area contributed by atoms with Crippen molar-refractivity contribution in [2.24, 2.45) is 0 Å². The Morgan fingerprint density at radius 3 is 2.84 bits per heavy atom. The fourth-order valence-corrected chi connectivity index (χ4v) is 2.46. The van der Waals surface area contributed by atoms with Crippen molar-refractivity contribution in [3.05, 3.63) is 41.2 Å². The third-order valence-corrected chi connectivity index (χ3v) is 3.42. The van der Waals surface area contributed by atoms with Gasteiger partial charge in [0.2, 0.25) is 0 Å². The number of halogens is 1. The van der Waals surface area contributed by atoms with E-state index in [1.165, 1.54) is 11.6 Å². The lowest BCUT2D eigenvalue weighted by molar-refractivity contribution is 0.194. The molecular weight excluding hydrogens is 245 g/mol. The van der Waals surface area contributed by atoms with Gasteiger partial charge in [0.25, 0.3) is 0 Å². The minimum Gasteiger partial charge on any atom is -0.389 e. The Kier molecular flexibility index (Phi) is 4.56. The molecule has 1 aromatic carbocycles. The molecule has 0 fully saturated rings. The second-order valence-electron chi connectivity index (χ2n) is 4.84. The third-order valence-electron chi connectivity index (χ3n) is 3.42. The zero-order valence-corrected chi connectivity index (χ0v) is 11.4. The number of aliphatic hydroxyl groups is 1. The van der Waals surface area contributed by atoms with Crippen LogP contribution in [0.25, 0.3) is 0 Å². The summed E-state index contributed by atoms with van der Waals surface area (Å²) in [6, 6.07) is 4.94. The first-order valence-corrected chi connectivity index (χ1v) is 6.51. The molecule has 0 spiro atoms. The van der Waals surface area contributed by atoms with Crippen LogP contribution in [0.4, 0.5) is 10.1 Å². The average Bonchev–Trinajstić information content (AvgIpc) is 2.39. The van der Waals surface area contributed by atoms with Gasteiger partial charge in [0.15, 0.2) is 0 Å². The van der Waals surface area contributed by atoms with Gasteiger partial charge in [-0.1, -0.05) is 12.1 Å². The fraction of sp³-hybridized carbons (Fsp3) is 0.467. The van der Waals surface area contributed by atoms with Gasteiger partial charge in [-0.25, -0.2) is 4.39 Å². The van der Waals surface area contributed by atoms with E-state index in [0.29, 0.717) is 12.2 Å². The van der Waals surface area contributed by atoms with Crippen LogP contribution in [0.2, 0.25) is 0 Å². The molecule has 0 saturated heterocycles. The molecular formula is C15H20FNO2. The molecule has 0 aromatic heterocycles. The molecule has 104 valence electrons. The highest BCUT2D eigenvalue weighted by Gasteiger charge is 2.19. The van der Waals surface area contributed by atoms with Crippen LogP contribution in [0.1, 0.15) is 25.0 Å². The Balaban J connectivity index is 2.22. The minimum absolute atomic E-state index is 0.348. The molecule has 1 aromatic rings. The number of hydrogen-bond donors (Lipinski definition) is 1. The van der Waals surface area contributed by atoms with Crippen LogP contribution >= 0.6 is 0 Å². The number of methoxy groups -OCH3 is 1. The maximum atomic E-state index is 13.8. The summed E-state index contributed by atoms with van der Waals surface area (Å²) in [5.41, 5.74) is 2.43. The van der Waals surface area contributed by atoms with E-state index in [1.54, 1.807) is 20.1 Å². The highest BCUT2D eigenvalue weighted by molar-refractivity contribution is 5.56. The number of ether oxygens (including phenoxy) is 1. The molecule has 19 heavy (non-hydrogen) atoms. The van der Waals surface area contributed by atoms with Crippen molar-refractivity contribution in [3.63, 3.8) is 0 Å². The van der Waals surface area contributed by atoms with Gasteiger partial charge in [0.1, 0.15) is 5.82 Å². The minimum atomic E-state index is -0.805. The molecule has 0 radical (unpaired) electrons. The molecule has 1 atom stereocenters. The van der Waals surface area contributed by atoms with E-state index >= 15 is 0 Å². The normalized spacial score (nSPS) is 17.3. The summed E-state index contributed by atoms with van der Waals surface area (Å²) in [7, 11) is 1.69. The lowest BCUT2D eigenvalue weighted by Crippen LogP contribution is -2.30. The molecule has 4 heteroatoms. The Hall–Kier alpha value is -1.39. The predicted octanol–water partition coefficient (Wildman–Crippen LogP) is 2.66. The average molecular weight is 265 g/mol. The van der Waals surface area contributed by atoms with Crippen molar-refractivity contribution >= 4 is 5.69 Å². The van der Waals surface area contributed by atoms with Crippen molar-refractivity contribution in [2.45, 2.75) is 19.4 Å². The first-order chi connectivity index (χ1) is 9.13. The van der Waals surface area contributed by atoms with E-state index in [4.69, 9.17) is 4.74 Å². The van der Waals surface area contributed by atoms with Gasteiger partial charge >= 0.3 is 0 Å². The highest BCUT2D eigenvalue weighted by Crippen LogP contribution is 2.30. The Morgan fingerprint density at radius 1 is 1.47 bits per heavy atom. The number of benzene rings is 1. The third kappa shape index (κ3) is 3.14. The van der Waals surface area contributed by atoms with Crippen LogP contribution in [-0.2, 0) is 4.74 Å². The van der Waals surface area contributed by atoms with E-state index in [0.717, 1.165) is 25.2 Å². The second kappa shape index (κ2) is 6.17. The largest absolute Gasteiger partial charge is 0.389 e. The summed E-state index contributed by atoms with van der Waals surface area (Å²) < 4.78 is 18.9. The number of anilines is 1. The van der Waals surface area contributed by atoms with Crippen LogP contribution in [0.3, 0.4) is 0 Å². The molecule has 2 rings (SSSR count). The van der Waals surface area contributed by atoms with Crippen LogP contribution in [0.15, 0.2) is 29.8 Å². The molecule has 1 unspecified atom stereocenters. The summed E-state index contributed by atoms with van der Waals surface area (Å²) in [5.74, 6) is -0.348. The van der Waals surface area contributed by atoms with Gasteiger partial charge in [0.05, 0.1) is 12.7 Å². The molecule has 1 heterocycles. The molecule has 0 aliphatic carbocycles. The van der Waals surface area contributed by atoms with Crippen LogP contribution < -0.4 is 4.90 Å². The smallest absolute Gasteiger partial charge is 0.131 e. The van der Waals surface area contributed by atoms with Gasteiger partial charge in [-0.15, -0.1) is 0 Å². The zero-order valence-electron chi connectivity index (χ0n) is 11.4. The second-order valence-corrected chi connectivity index (χ2v) is 4.84. The first kappa shape index (κ1) is 14.0. The standard InChI is InChI=1S/C15H20FNO2/c1-11(18)15-13(16)4-3-5-14(15)17-8-6-12(7-9-17)10-19-2/h3-6,11,18H,7-10H2,1-2H3. The number of nitrogens with zero attached hydrogens (tertiary/aromatic N) is 1. The van der Waals surface area contributed by atoms with Crippen LogP contribution in [-0.4, -0.2) is 31.9 Å². The number of hydrogen-bond acceptors (Lipinski definition) is 3. The summed E-state index contributed by atoms with van der Waals surface area (Å²) >= 11 is 0. The van der Waals surface area contributed by atoms with Gasteiger partial charge in [-0.05, 0) is 31.1 Å². The van der Waals surface area contributed by atoms with Crippen molar-refractivity contribution in [1.29, 1.82) is 0 Å². The number of rotatable bonds is 4. The Bertz CT molecular complexity index is 471. The van der Waals surface area contributed by atoms with Gasteiger partial charge in [-0.3, -0.25) is 0 Å².